The Morgan fingerprint density at radius 3 is 2.88 bits per heavy atom. The summed E-state index contributed by atoms with van der Waals surface area (Å²) in [4.78, 5) is 2.93. The molecule has 1 aliphatic rings. The predicted molar refractivity (Wildman–Crippen MR) is 75.9 cm³/mol. The van der Waals surface area contributed by atoms with E-state index >= 15 is 0 Å². The number of hydrogen-bond donors (Lipinski definition) is 0. The number of benzene rings is 1. The van der Waals surface area contributed by atoms with E-state index in [0.717, 1.165) is 29.5 Å². The van der Waals surface area contributed by atoms with Crippen LogP contribution in [0.3, 0.4) is 0 Å². The third-order valence-electron chi connectivity index (χ3n) is 3.29. The quantitative estimate of drug-likeness (QED) is 0.711. The van der Waals surface area contributed by atoms with E-state index in [1.165, 1.54) is 6.07 Å². The smallest absolute Gasteiger partial charge is 0.128 e. The van der Waals surface area contributed by atoms with Crippen molar-refractivity contribution in [2.24, 2.45) is 5.92 Å². The molecule has 0 aliphatic carbocycles. The first-order valence-electron chi connectivity index (χ1n) is 5.86. The maximum Gasteiger partial charge on any atom is 0.128 e. The Labute approximate surface area is 119 Å². The van der Waals surface area contributed by atoms with Crippen molar-refractivity contribution in [1.82, 2.24) is 4.90 Å². The molecule has 1 aromatic carbocycles. The van der Waals surface area contributed by atoms with Crippen molar-refractivity contribution in [2.75, 3.05) is 13.1 Å². The van der Waals surface area contributed by atoms with Gasteiger partial charge in [0.1, 0.15) is 5.82 Å². The molecule has 94 valence electrons. The van der Waals surface area contributed by atoms with Gasteiger partial charge in [0, 0.05) is 28.0 Å². The highest BCUT2D eigenvalue weighted by Gasteiger charge is 2.24. The van der Waals surface area contributed by atoms with Crippen LogP contribution in [0.15, 0.2) is 22.7 Å². The normalized spacial score (nSPS) is 26.1. The van der Waals surface area contributed by atoms with Crippen LogP contribution in [0.1, 0.15) is 18.9 Å². The average molecular weight is 365 g/mol. The highest BCUT2D eigenvalue weighted by atomic mass is 79.9. The molecule has 1 aromatic rings. The van der Waals surface area contributed by atoms with Gasteiger partial charge >= 0.3 is 0 Å². The summed E-state index contributed by atoms with van der Waals surface area (Å²) >= 11 is 6.96. The first-order valence-corrected chi connectivity index (χ1v) is 7.57. The van der Waals surface area contributed by atoms with Crippen LogP contribution < -0.4 is 0 Å². The Morgan fingerprint density at radius 1 is 1.47 bits per heavy atom. The molecule has 4 heteroatoms. The van der Waals surface area contributed by atoms with Crippen molar-refractivity contribution in [3.63, 3.8) is 0 Å². The second kappa shape index (κ2) is 5.81. The molecule has 0 bridgehead atoms. The van der Waals surface area contributed by atoms with Gasteiger partial charge in [0.15, 0.2) is 0 Å². The highest BCUT2D eigenvalue weighted by Crippen LogP contribution is 2.25. The third-order valence-corrected chi connectivity index (χ3v) is 5.15. The van der Waals surface area contributed by atoms with Crippen LogP contribution in [0.25, 0.3) is 0 Å². The molecule has 1 nitrogen and oxygen atoms in total. The SMILES string of the molecule is CC1CN(Cc2ccc(Br)cc2F)CCC1Br. The molecule has 1 aliphatic heterocycles. The van der Waals surface area contributed by atoms with Gasteiger partial charge < -0.3 is 0 Å². The molecule has 0 amide bonds. The van der Waals surface area contributed by atoms with Crippen LogP contribution in [-0.2, 0) is 6.54 Å². The zero-order valence-corrected chi connectivity index (χ0v) is 13.0. The molecular weight excluding hydrogens is 349 g/mol. The molecule has 1 fully saturated rings. The summed E-state index contributed by atoms with van der Waals surface area (Å²) in [7, 11) is 0. The van der Waals surface area contributed by atoms with E-state index in [1.807, 2.05) is 12.1 Å². The highest BCUT2D eigenvalue weighted by molar-refractivity contribution is 9.10. The average Bonchev–Trinajstić information content (AvgIpc) is 2.27. The molecule has 0 spiro atoms. The van der Waals surface area contributed by atoms with Crippen LogP contribution in [0.4, 0.5) is 4.39 Å². The van der Waals surface area contributed by atoms with Gasteiger partial charge in [-0.05, 0) is 31.0 Å². The molecule has 0 N–H and O–H groups in total. The van der Waals surface area contributed by atoms with Crippen LogP contribution in [0.5, 0.6) is 0 Å². The van der Waals surface area contributed by atoms with E-state index in [2.05, 4.69) is 43.7 Å². The van der Waals surface area contributed by atoms with Gasteiger partial charge in [-0.2, -0.15) is 0 Å². The lowest BCUT2D eigenvalue weighted by Gasteiger charge is -2.34. The minimum absolute atomic E-state index is 0.118. The van der Waals surface area contributed by atoms with Gasteiger partial charge in [-0.1, -0.05) is 44.8 Å². The predicted octanol–water partition coefficient (Wildman–Crippen LogP) is 4.19. The van der Waals surface area contributed by atoms with Gasteiger partial charge in [0.2, 0.25) is 0 Å². The largest absolute Gasteiger partial charge is 0.299 e. The van der Waals surface area contributed by atoms with E-state index in [4.69, 9.17) is 0 Å². The monoisotopic (exact) mass is 363 g/mol. The molecule has 0 aromatic heterocycles. The van der Waals surface area contributed by atoms with Crippen LogP contribution >= 0.6 is 31.9 Å². The van der Waals surface area contributed by atoms with Crippen molar-refractivity contribution in [2.45, 2.75) is 24.7 Å². The summed E-state index contributed by atoms with van der Waals surface area (Å²) in [5, 5.41) is 0. The Kier molecular flexibility index (Phi) is 4.61. The zero-order valence-electron chi connectivity index (χ0n) is 9.80. The van der Waals surface area contributed by atoms with Crippen molar-refractivity contribution in [1.29, 1.82) is 0 Å². The van der Waals surface area contributed by atoms with E-state index in [-0.39, 0.29) is 5.82 Å². The fraction of sp³-hybridized carbons (Fsp3) is 0.538. The second-order valence-electron chi connectivity index (χ2n) is 4.75. The Hall–Kier alpha value is 0.0700. The van der Waals surface area contributed by atoms with Crippen molar-refractivity contribution in [3.05, 3.63) is 34.1 Å². The van der Waals surface area contributed by atoms with Crippen molar-refractivity contribution in [3.8, 4) is 0 Å². The fourth-order valence-corrected chi connectivity index (χ4v) is 2.94. The Morgan fingerprint density at radius 2 is 2.24 bits per heavy atom. The lowest BCUT2D eigenvalue weighted by Crippen LogP contribution is -2.39. The molecule has 1 heterocycles. The zero-order chi connectivity index (χ0) is 12.4. The van der Waals surface area contributed by atoms with Crippen molar-refractivity contribution < 1.29 is 4.39 Å². The van der Waals surface area contributed by atoms with Crippen LogP contribution in [-0.4, -0.2) is 22.8 Å². The van der Waals surface area contributed by atoms with E-state index in [1.54, 1.807) is 0 Å². The molecule has 1 saturated heterocycles. The molecule has 0 radical (unpaired) electrons. The van der Waals surface area contributed by atoms with Gasteiger partial charge in [-0.15, -0.1) is 0 Å². The summed E-state index contributed by atoms with van der Waals surface area (Å²) in [5.41, 5.74) is 0.786. The first-order chi connectivity index (χ1) is 8.06. The first kappa shape index (κ1) is 13.5. The minimum Gasteiger partial charge on any atom is -0.299 e. The second-order valence-corrected chi connectivity index (χ2v) is 6.84. The number of hydrogen-bond acceptors (Lipinski definition) is 1. The molecular formula is C13H16Br2FN. The number of piperidine rings is 1. The van der Waals surface area contributed by atoms with Crippen LogP contribution in [0.2, 0.25) is 0 Å². The molecule has 0 saturated carbocycles. The summed E-state index contributed by atoms with van der Waals surface area (Å²) in [6.45, 7) is 5.02. The van der Waals surface area contributed by atoms with Gasteiger partial charge in [0.05, 0.1) is 0 Å². The standard InChI is InChI=1S/C13H16Br2FN/c1-9-7-17(5-4-12(9)15)8-10-2-3-11(14)6-13(10)16/h2-3,6,9,12H,4-5,7-8H2,1H3. The Bertz CT molecular complexity index is 397. The molecule has 2 unspecified atom stereocenters. The number of halogens is 3. The molecule has 17 heavy (non-hydrogen) atoms. The lowest BCUT2D eigenvalue weighted by atomic mass is 9.99. The summed E-state index contributed by atoms with van der Waals surface area (Å²) in [6, 6.07) is 5.30. The third kappa shape index (κ3) is 3.52. The van der Waals surface area contributed by atoms with E-state index in [9.17, 15) is 4.39 Å². The maximum absolute atomic E-state index is 13.7. The van der Waals surface area contributed by atoms with Crippen LogP contribution in [0, 0.1) is 11.7 Å². The number of rotatable bonds is 2. The van der Waals surface area contributed by atoms with Gasteiger partial charge in [0.25, 0.3) is 0 Å². The maximum atomic E-state index is 13.7. The number of nitrogens with zero attached hydrogens (tertiary/aromatic N) is 1. The fourth-order valence-electron chi connectivity index (χ4n) is 2.24. The van der Waals surface area contributed by atoms with E-state index in [0.29, 0.717) is 17.3 Å². The topological polar surface area (TPSA) is 3.24 Å². The minimum atomic E-state index is -0.118. The van der Waals surface area contributed by atoms with Gasteiger partial charge in [-0.3, -0.25) is 4.90 Å². The summed E-state index contributed by atoms with van der Waals surface area (Å²) in [6.07, 6.45) is 1.14. The Balaban J connectivity index is 2.01. The number of likely N-dealkylation sites (tertiary alicyclic amines) is 1. The van der Waals surface area contributed by atoms with Crippen molar-refractivity contribution >= 4 is 31.9 Å². The molecule has 2 atom stereocenters. The number of alkyl halides is 1. The molecule has 2 rings (SSSR count). The summed E-state index contributed by atoms with van der Waals surface area (Å²) in [5.74, 6) is 0.509. The van der Waals surface area contributed by atoms with E-state index < -0.39 is 0 Å². The summed E-state index contributed by atoms with van der Waals surface area (Å²) < 4.78 is 14.5. The lowest BCUT2D eigenvalue weighted by molar-refractivity contribution is 0.181. The van der Waals surface area contributed by atoms with Gasteiger partial charge in [-0.25, -0.2) is 4.39 Å².